The number of benzene rings is 2. The third-order valence-electron chi connectivity index (χ3n) is 6.66. The molecule has 2 atom stereocenters. The minimum Gasteiger partial charge on any atom is -0.376 e. The summed E-state index contributed by atoms with van der Waals surface area (Å²) in [6, 6.07) is 9.69. The molecule has 2 fully saturated rings. The van der Waals surface area contributed by atoms with Crippen molar-refractivity contribution in [2.45, 2.75) is 56.6 Å². The second-order valence-electron chi connectivity index (χ2n) is 9.24. The van der Waals surface area contributed by atoms with Crippen LogP contribution < -0.4 is 4.90 Å². The van der Waals surface area contributed by atoms with Crippen molar-refractivity contribution in [2.24, 2.45) is 0 Å². The first-order valence-corrected chi connectivity index (χ1v) is 14.5. The number of fused-ring (bicyclic) bond motifs is 1. The van der Waals surface area contributed by atoms with E-state index in [4.69, 9.17) is 21.3 Å². The van der Waals surface area contributed by atoms with Gasteiger partial charge in [-0.15, -0.1) is 0 Å². The zero-order valence-corrected chi connectivity index (χ0v) is 22.1. The largest absolute Gasteiger partial charge is 0.376 e. The molecular weight excluding hydrogens is 506 g/mol. The molecule has 1 amide bonds. The second-order valence-corrected chi connectivity index (χ2v) is 12.6. The normalized spacial score (nSPS) is 21.1. The van der Waals surface area contributed by atoms with E-state index in [-0.39, 0.29) is 16.9 Å². The Morgan fingerprint density at radius 1 is 1.20 bits per heavy atom. The smallest absolute Gasteiger partial charge is 0.247 e. The van der Waals surface area contributed by atoms with Crippen LogP contribution >= 0.6 is 22.9 Å². The SMILES string of the molecule is Cc1ccc(S(=O)(=O)N2CCCC2C(=O)N(CC2CCCO2)c2nc3c(C)cc(Cl)cc3s2)cc1. The van der Waals surface area contributed by atoms with Gasteiger partial charge in [0.1, 0.15) is 6.04 Å². The molecule has 0 bridgehead atoms. The minimum atomic E-state index is -3.81. The van der Waals surface area contributed by atoms with E-state index in [0.29, 0.717) is 42.7 Å². The molecule has 186 valence electrons. The number of rotatable bonds is 6. The van der Waals surface area contributed by atoms with Crippen LogP contribution in [0.3, 0.4) is 0 Å². The summed E-state index contributed by atoms with van der Waals surface area (Å²) in [7, 11) is -3.81. The molecule has 3 heterocycles. The molecule has 2 saturated heterocycles. The highest BCUT2D eigenvalue weighted by Gasteiger charge is 2.42. The van der Waals surface area contributed by atoms with Gasteiger partial charge >= 0.3 is 0 Å². The molecule has 0 radical (unpaired) electrons. The number of carbonyl (C=O) groups is 1. The summed E-state index contributed by atoms with van der Waals surface area (Å²) >= 11 is 7.66. The first-order chi connectivity index (χ1) is 16.7. The van der Waals surface area contributed by atoms with Crippen molar-refractivity contribution in [1.29, 1.82) is 0 Å². The molecule has 35 heavy (non-hydrogen) atoms. The van der Waals surface area contributed by atoms with Gasteiger partial charge < -0.3 is 4.74 Å². The van der Waals surface area contributed by atoms with Crippen molar-refractivity contribution in [1.82, 2.24) is 9.29 Å². The molecular formula is C25H28ClN3O4S2. The molecule has 0 N–H and O–H groups in total. The van der Waals surface area contributed by atoms with E-state index in [0.717, 1.165) is 34.2 Å². The summed E-state index contributed by atoms with van der Waals surface area (Å²) in [6.07, 6.45) is 2.80. The molecule has 3 aromatic rings. The minimum absolute atomic E-state index is 0.0980. The van der Waals surface area contributed by atoms with E-state index < -0.39 is 16.1 Å². The van der Waals surface area contributed by atoms with Gasteiger partial charge in [-0.1, -0.05) is 40.6 Å². The van der Waals surface area contributed by atoms with E-state index in [1.807, 2.05) is 26.0 Å². The van der Waals surface area contributed by atoms with Crippen LogP contribution in [0.25, 0.3) is 10.2 Å². The van der Waals surface area contributed by atoms with Crippen LogP contribution in [0.4, 0.5) is 5.13 Å². The first kappa shape index (κ1) is 24.6. The summed E-state index contributed by atoms with van der Waals surface area (Å²) < 4.78 is 35.1. The summed E-state index contributed by atoms with van der Waals surface area (Å²) in [5.74, 6) is -0.253. The summed E-state index contributed by atoms with van der Waals surface area (Å²) in [6.45, 7) is 5.18. The number of hydrogen-bond acceptors (Lipinski definition) is 6. The molecule has 7 nitrogen and oxygen atoms in total. The number of hydrogen-bond donors (Lipinski definition) is 0. The Morgan fingerprint density at radius 2 is 1.97 bits per heavy atom. The van der Waals surface area contributed by atoms with Gasteiger partial charge in [0.2, 0.25) is 15.9 Å². The fourth-order valence-corrected chi connectivity index (χ4v) is 7.90. The monoisotopic (exact) mass is 533 g/mol. The number of nitrogens with zero attached hydrogens (tertiary/aromatic N) is 3. The van der Waals surface area contributed by atoms with E-state index in [1.165, 1.54) is 15.6 Å². The topological polar surface area (TPSA) is 79.8 Å². The lowest BCUT2D eigenvalue weighted by Gasteiger charge is -2.29. The molecule has 0 spiro atoms. The Morgan fingerprint density at radius 3 is 2.69 bits per heavy atom. The maximum absolute atomic E-state index is 14.0. The fraction of sp³-hybridized carbons (Fsp3) is 0.440. The van der Waals surface area contributed by atoms with Gasteiger partial charge in [0.15, 0.2) is 5.13 Å². The third-order valence-corrected chi connectivity index (χ3v) is 9.83. The van der Waals surface area contributed by atoms with E-state index in [9.17, 15) is 13.2 Å². The fourth-order valence-electron chi connectivity index (χ4n) is 4.81. The van der Waals surface area contributed by atoms with Gasteiger partial charge in [-0.05, 0) is 69.4 Å². The molecule has 0 saturated carbocycles. The highest BCUT2D eigenvalue weighted by Crippen LogP contribution is 2.36. The van der Waals surface area contributed by atoms with Crippen molar-refractivity contribution in [3.8, 4) is 0 Å². The standard InChI is InChI=1S/C25H28ClN3O4S2/c1-16-7-9-20(10-8-16)35(31,32)29-11-3-6-21(29)24(30)28(15-19-5-4-12-33-19)25-27-23-17(2)13-18(26)14-22(23)34-25/h7-10,13-14,19,21H,3-6,11-12,15H2,1-2H3. The lowest BCUT2D eigenvalue weighted by Crippen LogP contribution is -2.49. The maximum Gasteiger partial charge on any atom is 0.247 e. The molecule has 2 aliphatic heterocycles. The molecule has 5 rings (SSSR count). The Bertz CT molecular complexity index is 1350. The van der Waals surface area contributed by atoms with Crippen molar-refractivity contribution in [2.75, 3.05) is 24.6 Å². The van der Waals surface area contributed by atoms with Crippen LogP contribution in [0.15, 0.2) is 41.3 Å². The number of sulfonamides is 1. The van der Waals surface area contributed by atoms with E-state index in [1.54, 1.807) is 29.2 Å². The number of carbonyl (C=O) groups excluding carboxylic acids is 1. The van der Waals surface area contributed by atoms with Crippen LogP contribution in [0.2, 0.25) is 5.02 Å². The molecule has 2 unspecified atom stereocenters. The molecule has 1 aromatic heterocycles. The van der Waals surface area contributed by atoms with Gasteiger partial charge in [0.25, 0.3) is 0 Å². The first-order valence-electron chi connectivity index (χ1n) is 11.8. The lowest BCUT2D eigenvalue weighted by molar-refractivity contribution is -0.122. The average molecular weight is 534 g/mol. The number of anilines is 1. The van der Waals surface area contributed by atoms with Crippen LogP contribution in [-0.2, 0) is 19.6 Å². The van der Waals surface area contributed by atoms with Crippen molar-refractivity contribution >= 4 is 54.2 Å². The maximum atomic E-state index is 14.0. The summed E-state index contributed by atoms with van der Waals surface area (Å²) in [5, 5.41) is 1.17. The molecule has 0 aliphatic carbocycles. The second kappa shape index (κ2) is 9.78. The molecule has 2 aromatic carbocycles. The average Bonchev–Trinajstić information content (AvgIpc) is 3.57. The van der Waals surface area contributed by atoms with Crippen LogP contribution in [-0.4, -0.2) is 55.5 Å². The summed E-state index contributed by atoms with van der Waals surface area (Å²) in [4.78, 5) is 20.6. The van der Waals surface area contributed by atoms with Gasteiger partial charge in [0, 0.05) is 18.2 Å². The van der Waals surface area contributed by atoms with Crippen LogP contribution in [0.1, 0.15) is 36.8 Å². The number of aromatic nitrogens is 1. The van der Waals surface area contributed by atoms with Crippen LogP contribution in [0, 0.1) is 13.8 Å². The number of ether oxygens (including phenoxy) is 1. The predicted molar refractivity (Wildman–Crippen MR) is 139 cm³/mol. The van der Waals surface area contributed by atoms with Gasteiger partial charge in [0.05, 0.1) is 27.8 Å². The Labute approximate surface area is 214 Å². The highest BCUT2D eigenvalue weighted by molar-refractivity contribution is 7.89. The van der Waals surface area contributed by atoms with Crippen molar-refractivity contribution in [3.05, 3.63) is 52.5 Å². The highest BCUT2D eigenvalue weighted by atomic mass is 35.5. The quantitative estimate of drug-likeness (QED) is 0.449. The Hall–Kier alpha value is -2.04. The zero-order chi connectivity index (χ0) is 24.7. The van der Waals surface area contributed by atoms with E-state index in [2.05, 4.69) is 0 Å². The van der Waals surface area contributed by atoms with Crippen molar-refractivity contribution < 1.29 is 17.9 Å². The predicted octanol–water partition coefficient (Wildman–Crippen LogP) is 4.93. The summed E-state index contributed by atoms with van der Waals surface area (Å²) in [5.41, 5.74) is 2.71. The third kappa shape index (κ3) is 4.84. The molecule has 10 heteroatoms. The number of amides is 1. The van der Waals surface area contributed by atoms with Crippen LogP contribution in [0.5, 0.6) is 0 Å². The Balaban J connectivity index is 1.50. The van der Waals surface area contributed by atoms with Crippen molar-refractivity contribution in [3.63, 3.8) is 0 Å². The van der Waals surface area contributed by atoms with Gasteiger partial charge in [-0.25, -0.2) is 13.4 Å². The van der Waals surface area contributed by atoms with E-state index >= 15 is 0 Å². The lowest BCUT2D eigenvalue weighted by atomic mass is 10.2. The van der Waals surface area contributed by atoms with Gasteiger partial charge in [-0.3, -0.25) is 9.69 Å². The number of halogens is 1. The zero-order valence-electron chi connectivity index (χ0n) is 19.7. The molecule has 2 aliphatic rings. The number of aryl methyl sites for hydroxylation is 2. The number of thiazole rings is 1. The Kier molecular flexibility index (Phi) is 6.89. The van der Waals surface area contributed by atoms with Gasteiger partial charge in [-0.2, -0.15) is 4.31 Å².